The third-order valence-electron chi connectivity index (χ3n) is 4.33. The molecule has 1 amide bonds. The van der Waals surface area contributed by atoms with Crippen molar-refractivity contribution in [3.05, 3.63) is 0 Å². The van der Waals surface area contributed by atoms with Gasteiger partial charge in [0.2, 0.25) is 5.91 Å². The Labute approximate surface area is 111 Å². The van der Waals surface area contributed by atoms with E-state index in [0.717, 1.165) is 12.8 Å². The molecule has 0 spiro atoms. The minimum absolute atomic E-state index is 0.00461. The van der Waals surface area contributed by atoms with Crippen LogP contribution < -0.4 is 0 Å². The average Bonchev–Trinajstić information content (AvgIpc) is 2.27. The monoisotopic (exact) mass is 256 g/mol. The molecule has 0 unspecified atom stereocenters. The Morgan fingerprint density at radius 3 is 2.00 bits per heavy atom. The smallest absolute Gasteiger partial charge is 0.245 e. The van der Waals surface area contributed by atoms with Crippen molar-refractivity contribution in [2.24, 2.45) is 0 Å². The normalized spacial score (nSPS) is 24.4. The van der Waals surface area contributed by atoms with Crippen LogP contribution in [0.25, 0.3) is 0 Å². The van der Waals surface area contributed by atoms with Gasteiger partial charge in [0.1, 0.15) is 5.54 Å². The van der Waals surface area contributed by atoms with E-state index in [1.54, 1.807) is 13.8 Å². The van der Waals surface area contributed by atoms with Crippen LogP contribution in [0.3, 0.4) is 0 Å². The Hall–Kier alpha value is -0.610. The van der Waals surface area contributed by atoms with Gasteiger partial charge in [-0.2, -0.15) is 5.06 Å². The fraction of sp³-hybridized carbons (Fsp3) is 0.929. The highest BCUT2D eigenvalue weighted by molar-refractivity contribution is 5.87. The number of carbonyl (C=O) groups is 1. The predicted octanol–water partition coefficient (Wildman–Crippen LogP) is 2.66. The molecular formula is C14H28N2O2. The summed E-state index contributed by atoms with van der Waals surface area (Å²) in [5.74, 6) is -0.00461. The molecule has 4 heteroatoms. The quantitative estimate of drug-likeness (QED) is 0.826. The highest BCUT2D eigenvalue weighted by Crippen LogP contribution is 2.38. The third kappa shape index (κ3) is 2.16. The summed E-state index contributed by atoms with van der Waals surface area (Å²) in [6, 6.07) is 0. The summed E-state index contributed by atoms with van der Waals surface area (Å²) >= 11 is 0. The minimum atomic E-state index is -0.864. The topological polar surface area (TPSA) is 43.8 Å². The molecule has 0 saturated carbocycles. The molecule has 18 heavy (non-hydrogen) atoms. The summed E-state index contributed by atoms with van der Waals surface area (Å²) in [7, 11) is 0. The number of hydrogen-bond donors (Lipinski definition) is 1. The number of amides is 1. The highest BCUT2D eigenvalue weighted by atomic mass is 16.5. The number of rotatable bonds is 2. The van der Waals surface area contributed by atoms with Crippen LogP contribution >= 0.6 is 0 Å². The van der Waals surface area contributed by atoms with E-state index in [1.165, 1.54) is 5.06 Å². The van der Waals surface area contributed by atoms with Gasteiger partial charge in [-0.1, -0.05) is 13.8 Å². The number of hydrogen-bond acceptors (Lipinski definition) is 3. The van der Waals surface area contributed by atoms with Gasteiger partial charge in [0.25, 0.3) is 0 Å². The van der Waals surface area contributed by atoms with Gasteiger partial charge in [-0.25, -0.2) is 0 Å². The van der Waals surface area contributed by atoms with Crippen molar-refractivity contribution >= 4 is 5.91 Å². The number of nitrogens with zero attached hydrogens (tertiary/aromatic N) is 2. The zero-order valence-corrected chi connectivity index (χ0v) is 12.9. The fourth-order valence-corrected chi connectivity index (χ4v) is 2.76. The molecule has 0 aliphatic carbocycles. The Morgan fingerprint density at radius 1 is 1.22 bits per heavy atom. The Bertz CT molecular complexity index is 327. The zero-order valence-electron chi connectivity index (χ0n) is 12.9. The molecule has 4 nitrogen and oxygen atoms in total. The second-order valence-electron chi connectivity index (χ2n) is 6.86. The molecule has 106 valence electrons. The van der Waals surface area contributed by atoms with Gasteiger partial charge in [-0.15, -0.1) is 0 Å². The van der Waals surface area contributed by atoms with Crippen molar-refractivity contribution in [3.8, 4) is 0 Å². The Morgan fingerprint density at radius 2 is 1.67 bits per heavy atom. The van der Waals surface area contributed by atoms with Crippen LogP contribution in [0.15, 0.2) is 0 Å². The lowest BCUT2D eigenvalue weighted by Gasteiger charge is -2.57. The average molecular weight is 256 g/mol. The van der Waals surface area contributed by atoms with Crippen LogP contribution in [-0.2, 0) is 4.79 Å². The molecule has 0 aromatic carbocycles. The molecule has 1 fully saturated rings. The van der Waals surface area contributed by atoms with E-state index in [2.05, 4.69) is 13.8 Å². The van der Waals surface area contributed by atoms with E-state index in [4.69, 9.17) is 0 Å². The largest absolute Gasteiger partial charge is 0.334 e. The maximum atomic E-state index is 12.5. The van der Waals surface area contributed by atoms with Crippen molar-refractivity contribution in [2.45, 2.75) is 77.9 Å². The molecule has 1 heterocycles. The van der Waals surface area contributed by atoms with Gasteiger partial charge in [0, 0.05) is 12.1 Å². The van der Waals surface area contributed by atoms with Crippen molar-refractivity contribution < 1.29 is 10.0 Å². The molecule has 0 aromatic rings. The first kappa shape index (κ1) is 15.4. The summed E-state index contributed by atoms with van der Waals surface area (Å²) in [5.41, 5.74) is -1.42. The van der Waals surface area contributed by atoms with Crippen molar-refractivity contribution in [3.63, 3.8) is 0 Å². The molecule has 1 rings (SSSR count). The number of piperazine rings is 1. The van der Waals surface area contributed by atoms with E-state index in [-0.39, 0.29) is 17.0 Å². The van der Waals surface area contributed by atoms with Gasteiger partial charge in [-0.3, -0.25) is 4.79 Å². The van der Waals surface area contributed by atoms with Crippen LogP contribution in [0.2, 0.25) is 0 Å². The first-order chi connectivity index (χ1) is 8.03. The Balaban J connectivity index is 3.26. The summed E-state index contributed by atoms with van der Waals surface area (Å²) in [4.78, 5) is 14.5. The molecule has 0 bridgehead atoms. The van der Waals surface area contributed by atoms with Crippen LogP contribution in [0, 0.1) is 0 Å². The molecule has 1 saturated heterocycles. The SMILES string of the molecule is CCC1(CC)CN(C(C)(C)C)C(=O)C(C)(C)N1O. The minimum Gasteiger partial charge on any atom is -0.334 e. The Kier molecular flexibility index (Phi) is 3.86. The van der Waals surface area contributed by atoms with Crippen molar-refractivity contribution in [1.29, 1.82) is 0 Å². The number of carbonyl (C=O) groups excluding carboxylic acids is 1. The lowest BCUT2D eigenvalue weighted by molar-refractivity contribution is -0.262. The first-order valence-electron chi connectivity index (χ1n) is 6.84. The van der Waals surface area contributed by atoms with Gasteiger partial charge in [0.15, 0.2) is 0 Å². The van der Waals surface area contributed by atoms with E-state index in [1.807, 2.05) is 25.7 Å². The fourth-order valence-electron chi connectivity index (χ4n) is 2.76. The van der Waals surface area contributed by atoms with Crippen LogP contribution in [0.1, 0.15) is 61.3 Å². The molecule has 0 aromatic heterocycles. The van der Waals surface area contributed by atoms with E-state index in [0.29, 0.717) is 6.54 Å². The summed E-state index contributed by atoms with van der Waals surface area (Å²) in [6.07, 6.45) is 1.65. The lowest BCUT2D eigenvalue weighted by atomic mass is 9.81. The van der Waals surface area contributed by atoms with E-state index in [9.17, 15) is 10.0 Å². The van der Waals surface area contributed by atoms with Crippen LogP contribution in [0.5, 0.6) is 0 Å². The van der Waals surface area contributed by atoms with Gasteiger partial charge in [0.05, 0.1) is 5.54 Å². The van der Waals surface area contributed by atoms with Crippen molar-refractivity contribution in [1.82, 2.24) is 9.96 Å². The lowest BCUT2D eigenvalue weighted by Crippen LogP contribution is -2.74. The van der Waals surface area contributed by atoms with Gasteiger partial charge in [-0.05, 0) is 47.5 Å². The highest BCUT2D eigenvalue weighted by Gasteiger charge is 2.54. The first-order valence-corrected chi connectivity index (χ1v) is 6.84. The van der Waals surface area contributed by atoms with Crippen LogP contribution in [-0.4, -0.2) is 44.2 Å². The predicted molar refractivity (Wildman–Crippen MR) is 72.5 cm³/mol. The summed E-state index contributed by atoms with van der Waals surface area (Å²) in [5, 5.41) is 11.8. The second-order valence-corrected chi connectivity index (χ2v) is 6.86. The summed E-state index contributed by atoms with van der Waals surface area (Å²) in [6.45, 7) is 14.5. The zero-order chi connectivity index (χ0) is 14.4. The third-order valence-corrected chi connectivity index (χ3v) is 4.33. The maximum Gasteiger partial charge on any atom is 0.245 e. The van der Waals surface area contributed by atoms with E-state index < -0.39 is 5.54 Å². The summed E-state index contributed by atoms with van der Waals surface area (Å²) < 4.78 is 0. The standard InChI is InChI=1S/C14H28N2O2/c1-8-14(9-2)10-15(12(3,4)5)11(17)13(6,7)16(14)18/h18H,8-10H2,1-7H3. The maximum absolute atomic E-state index is 12.5. The molecular weight excluding hydrogens is 228 g/mol. The van der Waals surface area contributed by atoms with Crippen molar-refractivity contribution in [2.75, 3.05) is 6.54 Å². The van der Waals surface area contributed by atoms with Gasteiger partial charge >= 0.3 is 0 Å². The number of hydroxylamine groups is 2. The molecule has 1 aliphatic rings. The molecule has 1 N–H and O–H groups in total. The molecule has 1 aliphatic heterocycles. The van der Waals surface area contributed by atoms with E-state index >= 15 is 0 Å². The van der Waals surface area contributed by atoms with Crippen LogP contribution in [0.4, 0.5) is 0 Å². The molecule has 0 atom stereocenters. The second kappa shape index (κ2) is 4.49. The molecule has 0 radical (unpaired) electrons. The van der Waals surface area contributed by atoms with Gasteiger partial charge < -0.3 is 10.1 Å².